The Labute approximate surface area is 188 Å². The van der Waals surface area contributed by atoms with Gasteiger partial charge in [-0.2, -0.15) is 13.2 Å². The number of hydrogen-bond acceptors (Lipinski definition) is 4. The number of aliphatic imine (C=N–C) groups is 1. The van der Waals surface area contributed by atoms with E-state index in [2.05, 4.69) is 15.0 Å². The summed E-state index contributed by atoms with van der Waals surface area (Å²) in [6.07, 6.45) is 0.198. The third-order valence-corrected chi connectivity index (χ3v) is 3.97. The molecular weight excluding hydrogens is 427 g/mol. The molecule has 0 aliphatic rings. The first kappa shape index (κ1) is 28.6. The molecule has 1 aromatic heterocycles. The van der Waals surface area contributed by atoms with Crippen LogP contribution in [0, 0.1) is 13.8 Å². The Kier molecular flexibility index (Phi) is 13.4. The van der Waals surface area contributed by atoms with Crippen molar-refractivity contribution in [2.24, 2.45) is 4.99 Å². The summed E-state index contributed by atoms with van der Waals surface area (Å²) in [6.45, 7) is 11.2. The number of aryl methyl sites for hydroxylation is 2. The lowest BCUT2D eigenvalue weighted by Gasteiger charge is -2.09. The molecule has 0 spiro atoms. The summed E-state index contributed by atoms with van der Waals surface area (Å²) < 4.78 is 43.1. The van der Waals surface area contributed by atoms with Crippen molar-refractivity contribution in [1.82, 2.24) is 9.97 Å². The van der Waals surface area contributed by atoms with Crippen LogP contribution in [0.15, 0.2) is 35.3 Å². The number of rotatable bonds is 5. The SMILES string of the molecule is CC.CCC=N/C(=C\CC)c1nc(C)cc(C(F)(F)F)n1.COc1ccc(Cl)c(C)c1. The topological polar surface area (TPSA) is 47.4 Å². The number of allylic oxidation sites excluding steroid dienone is 1. The second kappa shape index (κ2) is 14.6. The zero-order chi connectivity index (χ0) is 24.0. The van der Waals surface area contributed by atoms with Crippen molar-refractivity contribution in [2.45, 2.75) is 60.6 Å². The van der Waals surface area contributed by atoms with Crippen molar-refractivity contribution < 1.29 is 17.9 Å². The van der Waals surface area contributed by atoms with Gasteiger partial charge in [-0.1, -0.05) is 45.4 Å². The van der Waals surface area contributed by atoms with Crippen LogP contribution in [0.5, 0.6) is 5.75 Å². The molecule has 0 bridgehead atoms. The van der Waals surface area contributed by atoms with Gasteiger partial charge >= 0.3 is 6.18 Å². The van der Waals surface area contributed by atoms with Gasteiger partial charge in [0.2, 0.25) is 0 Å². The van der Waals surface area contributed by atoms with Crippen LogP contribution in [-0.4, -0.2) is 23.3 Å². The van der Waals surface area contributed by atoms with Crippen molar-refractivity contribution in [1.29, 1.82) is 0 Å². The van der Waals surface area contributed by atoms with E-state index < -0.39 is 11.9 Å². The molecule has 0 N–H and O–H groups in total. The number of ether oxygens (including phenoxy) is 1. The minimum atomic E-state index is -4.48. The molecule has 2 rings (SSSR count). The van der Waals surface area contributed by atoms with Crippen molar-refractivity contribution in [3.63, 3.8) is 0 Å². The number of benzene rings is 1. The summed E-state index contributed by atoms with van der Waals surface area (Å²) in [7, 11) is 1.64. The Bertz CT molecular complexity index is 866. The normalized spacial score (nSPS) is 11.4. The molecule has 0 saturated heterocycles. The molecule has 0 atom stereocenters. The molecule has 1 heterocycles. The van der Waals surface area contributed by atoms with Gasteiger partial charge in [0.05, 0.1) is 7.11 Å². The molecule has 0 saturated carbocycles. The van der Waals surface area contributed by atoms with E-state index in [4.69, 9.17) is 16.3 Å². The lowest BCUT2D eigenvalue weighted by atomic mass is 10.2. The average molecular weight is 458 g/mol. The zero-order valence-electron chi connectivity index (χ0n) is 19.1. The van der Waals surface area contributed by atoms with Gasteiger partial charge in [0.15, 0.2) is 5.82 Å². The molecule has 1 aromatic carbocycles. The van der Waals surface area contributed by atoms with Crippen molar-refractivity contribution in [3.05, 3.63) is 58.1 Å². The van der Waals surface area contributed by atoms with E-state index in [1.165, 1.54) is 6.92 Å². The minimum Gasteiger partial charge on any atom is -0.497 e. The second-order valence-corrected chi connectivity index (χ2v) is 6.46. The molecule has 0 fully saturated rings. The van der Waals surface area contributed by atoms with Crippen LogP contribution in [0.25, 0.3) is 5.70 Å². The number of nitrogens with zero attached hydrogens (tertiary/aromatic N) is 3. The zero-order valence-corrected chi connectivity index (χ0v) is 19.9. The van der Waals surface area contributed by atoms with Gasteiger partial charge in [0.1, 0.15) is 17.1 Å². The van der Waals surface area contributed by atoms with E-state index in [0.29, 0.717) is 18.5 Å². The van der Waals surface area contributed by atoms with Crippen molar-refractivity contribution >= 4 is 23.5 Å². The quantitative estimate of drug-likeness (QED) is 0.432. The highest BCUT2D eigenvalue weighted by atomic mass is 35.5. The van der Waals surface area contributed by atoms with E-state index in [1.54, 1.807) is 19.4 Å². The first-order valence-electron chi connectivity index (χ1n) is 10.1. The molecule has 0 unspecified atom stereocenters. The lowest BCUT2D eigenvalue weighted by Crippen LogP contribution is -2.11. The predicted molar refractivity (Wildman–Crippen MR) is 123 cm³/mol. The lowest BCUT2D eigenvalue weighted by molar-refractivity contribution is -0.141. The van der Waals surface area contributed by atoms with Gasteiger partial charge in [-0.3, -0.25) is 4.99 Å². The Balaban J connectivity index is 0.000000628. The Morgan fingerprint density at radius 2 is 1.74 bits per heavy atom. The Morgan fingerprint density at radius 1 is 1.10 bits per heavy atom. The maximum atomic E-state index is 12.7. The third kappa shape index (κ3) is 10.4. The van der Waals surface area contributed by atoms with E-state index in [9.17, 15) is 13.2 Å². The number of halogens is 4. The van der Waals surface area contributed by atoms with Crippen LogP contribution in [0.2, 0.25) is 5.02 Å². The highest BCUT2D eigenvalue weighted by molar-refractivity contribution is 6.31. The number of hydrogen-bond donors (Lipinski definition) is 0. The molecule has 0 radical (unpaired) electrons. The second-order valence-electron chi connectivity index (χ2n) is 6.05. The van der Waals surface area contributed by atoms with E-state index in [1.807, 2.05) is 52.8 Å². The maximum Gasteiger partial charge on any atom is 0.433 e. The van der Waals surface area contributed by atoms with Gasteiger partial charge in [-0.05, 0) is 56.5 Å². The smallest absolute Gasteiger partial charge is 0.433 e. The largest absolute Gasteiger partial charge is 0.497 e. The standard InChI is InChI=1S/C13H16F3N3.C8H9ClO.C2H6/c1-4-6-10(17-7-5-2)12-18-9(3)8-11(19-12)13(14,15)16;1-6-5-7(10-2)3-4-8(6)9;1-2/h6-8H,4-5H2,1-3H3;3-5H,1-2H3;1-2H3/b10-6-,17-7?;;. The van der Waals surface area contributed by atoms with Crippen LogP contribution < -0.4 is 4.74 Å². The summed E-state index contributed by atoms with van der Waals surface area (Å²) in [4.78, 5) is 11.7. The summed E-state index contributed by atoms with van der Waals surface area (Å²) in [5.74, 6) is 0.862. The van der Waals surface area contributed by atoms with E-state index >= 15 is 0 Å². The molecular formula is C23H31ClF3N3O. The van der Waals surface area contributed by atoms with Gasteiger partial charge in [0, 0.05) is 16.9 Å². The summed E-state index contributed by atoms with van der Waals surface area (Å²) in [5.41, 5.74) is 0.745. The fraction of sp³-hybridized carbons (Fsp3) is 0.435. The molecule has 4 nitrogen and oxygen atoms in total. The molecule has 0 amide bonds. The fourth-order valence-electron chi connectivity index (χ4n) is 2.16. The van der Waals surface area contributed by atoms with Crippen LogP contribution >= 0.6 is 11.6 Å². The fourth-order valence-corrected chi connectivity index (χ4v) is 2.27. The first-order chi connectivity index (χ1) is 14.6. The molecule has 0 aliphatic heterocycles. The average Bonchev–Trinajstić information content (AvgIpc) is 2.74. The van der Waals surface area contributed by atoms with Crippen molar-refractivity contribution in [2.75, 3.05) is 7.11 Å². The monoisotopic (exact) mass is 457 g/mol. The number of methoxy groups -OCH3 is 1. The van der Waals surface area contributed by atoms with Gasteiger partial charge in [-0.15, -0.1) is 0 Å². The predicted octanol–water partition coefficient (Wildman–Crippen LogP) is 7.72. The van der Waals surface area contributed by atoms with Crippen LogP contribution in [-0.2, 0) is 6.18 Å². The molecule has 31 heavy (non-hydrogen) atoms. The number of aromatic nitrogens is 2. The van der Waals surface area contributed by atoms with Crippen molar-refractivity contribution in [3.8, 4) is 5.75 Å². The highest BCUT2D eigenvalue weighted by Crippen LogP contribution is 2.29. The van der Waals surface area contributed by atoms with Gasteiger partial charge in [-0.25, -0.2) is 9.97 Å². The van der Waals surface area contributed by atoms with Gasteiger partial charge < -0.3 is 4.74 Å². The summed E-state index contributed by atoms with van der Waals surface area (Å²) in [5, 5.41) is 0.779. The minimum absolute atomic E-state index is 0.0128. The molecule has 172 valence electrons. The Hall–Kier alpha value is -2.41. The first-order valence-corrected chi connectivity index (χ1v) is 10.5. The van der Waals surface area contributed by atoms with E-state index in [-0.39, 0.29) is 11.5 Å². The summed E-state index contributed by atoms with van der Waals surface area (Å²) >= 11 is 5.78. The van der Waals surface area contributed by atoms with Crippen LogP contribution in [0.4, 0.5) is 13.2 Å². The summed E-state index contributed by atoms with van der Waals surface area (Å²) in [6, 6.07) is 6.50. The number of alkyl halides is 3. The van der Waals surface area contributed by atoms with Crippen LogP contribution in [0.3, 0.4) is 0 Å². The van der Waals surface area contributed by atoms with Gasteiger partial charge in [0.25, 0.3) is 0 Å². The van der Waals surface area contributed by atoms with Crippen LogP contribution in [0.1, 0.15) is 63.3 Å². The third-order valence-electron chi connectivity index (χ3n) is 3.55. The molecule has 0 aliphatic carbocycles. The molecule has 8 heteroatoms. The Morgan fingerprint density at radius 3 is 2.23 bits per heavy atom. The molecule has 2 aromatic rings. The van der Waals surface area contributed by atoms with E-state index in [0.717, 1.165) is 22.4 Å². The highest BCUT2D eigenvalue weighted by Gasteiger charge is 2.33. The maximum absolute atomic E-state index is 12.7.